The summed E-state index contributed by atoms with van der Waals surface area (Å²) in [6.45, 7) is 0.495. The molecule has 3 unspecified atom stereocenters. The Kier molecular flexibility index (Phi) is 3.95. The molecule has 0 saturated heterocycles. The van der Waals surface area contributed by atoms with Crippen LogP contribution < -0.4 is 5.32 Å². The van der Waals surface area contributed by atoms with Crippen molar-refractivity contribution in [1.29, 1.82) is 0 Å². The predicted octanol–water partition coefficient (Wildman–Crippen LogP) is 2.33. The molecule has 112 valence electrons. The van der Waals surface area contributed by atoms with Crippen molar-refractivity contribution in [1.82, 2.24) is 5.32 Å². The molecule has 0 bridgehead atoms. The number of fused-ring (bicyclic) bond motifs is 1. The molecule has 21 heavy (non-hydrogen) atoms. The number of carbonyl (C=O) groups is 2. The minimum atomic E-state index is -0.720. The maximum absolute atomic E-state index is 12.2. The van der Waals surface area contributed by atoms with Gasteiger partial charge < -0.3 is 10.4 Å². The van der Waals surface area contributed by atoms with Gasteiger partial charge in [0.1, 0.15) is 0 Å². The average Bonchev–Trinajstić information content (AvgIpc) is 2.46. The van der Waals surface area contributed by atoms with E-state index >= 15 is 0 Å². The maximum atomic E-state index is 12.2. The summed E-state index contributed by atoms with van der Waals surface area (Å²) in [5, 5.41) is 12.2. The second-order valence-corrected chi connectivity index (χ2v) is 6.19. The van der Waals surface area contributed by atoms with E-state index in [1.165, 1.54) is 5.56 Å². The number of amides is 1. The van der Waals surface area contributed by atoms with E-state index in [1.54, 1.807) is 0 Å². The third kappa shape index (κ3) is 2.80. The molecule has 3 atom stereocenters. The first-order chi connectivity index (χ1) is 10.2. The van der Waals surface area contributed by atoms with Crippen molar-refractivity contribution >= 4 is 11.9 Å². The third-order valence-electron chi connectivity index (χ3n) is 4.94. The molecule has 0 spiro atoms. The van der Waals surface area contributed by atoms with Gasteiger partial charge in [0.25, 0.3) is 0 Å². The Morgan fingerprint density at radius 1 is 1.19 bits per heavy atom. The highest BCUT2D eigenvalue weighted by Gasteiger charge is 2.34. The van der Waals surface area contributed by atoms with Gasteiger partial charge in [0.2, 0.25) is 5.91 Å². The Bertz CT molecular complexity index is 555. The highest BCUT2D eigenvalue weighted by molar-refractivity contribution is 5.86. The zero-order valence-electron chi connectivity index (χ0n) is 12.0. The third-order valence-corrected chi connectivity index (χ3v) is 4.94. The van der Waals surface area contributed by atoms with Gasteiger partial charge in [0.05, 0.1) is 11.8 Å². The number of carboxylic acid groups (broad SMARTS) is 1. The number of nitrogens with one attached hydrogen (secondary N) is 1. The first-order valence-corrected chi connectivity index (χ1v) is 7.75. The zero-order chi connectivity index (χ0) is 14.8. The molecular weight excluding hydrogens is 266 g/mol. The Balaban J connectivity index is 1.56. The van der Waals surface area contributed by atoms with Gasteiger partial charge in [0.15, 0.2) is 0 Å². The summed E-state index contributed by atoms with van der Waals surface area (Å²) in [4.78, 5) is 23.5. The van der Waals surface area contributed by atoms with Crippen LogP contribution >= 0.6 is 0 Å². The zero-order valence-corrected chi connectivity index (χ0v) is 12.0. The highest BCUT2D eigenvalue weighted by Crippen LogP contribution is 2.35. The normalized spacial score (nSPS) is 27.3. The monoisotopic (exact) mass is 287 g/mol. The van der Waals surface area contributed by atoms with Crippen molar-refractivity contribution in [3.05, 3.63) is 35.4 Å². The standard InChI is InChI=1S/C17H21NO3/c19-16(15-9-11-5-1-3-7-13(11)15)18-10-12-6-2-4-8-14(12)17(20)21/h1,3,5,7,12,14-15H,2,4,6,8-10H2,(H,18,19)(H,20,21). The van der Waals surface area contributed by atoms with Crippen molar-refractivity contribution in [2.24, 2.45) is 11.8 Å². The molecule has 0 radical (unpaired) electrons. The maximum Gasteiger partial charge on any atom is 0.306 e. The van der Waals surface area contributed by atoms with Crippen LogP contribution in [0.25, 0.3) is 0 Å². The molecule has 0 aromatic heterocycles. The SMILES string of the molecule is O=C(NCC1CCCCC1C(=O)O)C1Cc2ccccc21. The summed E-state index contributed by atoms with van der Waals surface area (Å²) in [5.74, 6) is -0.942. The van der Waals surface area contributed by atoms with Gasteiger partial charge in [-0.25, -0.2) is 0 Å². The van der Waals surface area contributed by atoms with E-state index in [0.717, 1.165) is 37.7 Å². The minimum Gasteiger partial charge on any atom is -0.481 e. The van der Waals surface area contributed by atoms with Crippen LogP contribution in [0.4, 0.5) is 0 Å². The van der Waals surface area contributed by atoms with Gasteiger partial charge in [0, 0.05) is 6.54 Å². The number of hydrogen-bond acceptors (Lipinski definition) is 2. The number of rotatable bonds is 4. The van der Waals surface area contributed by atoms with Gasteiger partial charge in [-0.2, -0.15) is 0 Å². The molecule has 4 nitrogen and oxygen atoms in total. The van der Waals surface area contributed by atoms with Crippen LogP contribution in [-0.2, 0) is 16.0 Å². The van der Waals surface area contributed by atoms with Crippen LogP contribution in [0.5, 0.6) is 0 Å². The van der Waals surface area contributed by atoms with Gasteiger partial charge in [-0.05, 0) is 36.3 Å². The molecule has 2 aliphatic carbocycles. The number of benzene rings is 1. The molecule has 0 heterocycles. The molecule has 4 heteroatoms. The second kappa shape index (κ2) is 5.88. The largest absolute Gasteiger partial charge is 0.481 e. The van der Waals surface area contributed by atoms with E-state index in [-0.39, 0.29) is 23.7 Å². The van der Waals surface area contributed by atoms with E-state index in [9.17, 15) is 14.7 Å². The predicted molar refractivity (Wildman–Crippen MR) is 79.0 cm³/mol. The molecule has 1 fully saturated rings. The topological polar surface area (TPSA) is 66.4 Å². The molecular formula is C17H21NO3. The Hall–Kier alpha value is -1.84. The van der Waals surface area contributed by atoms with E-state index < -0.39 is 5.97 Å². The first-order valence-electron chi connectivity index (χ1n) is 7.75. The fraction of sp³-hybridized carbons (Fsp3) is 0.529. The lowest BCUT2D eigenvalue weighted by atomic mass is 9.76. The Labute approximate surface area is 124 Å². The van der Waals surface area contributed by atoms with E-state index in [2.05, 4.69) is 11.4 Å². The highest BCUT2D eigenvalue weighted by atomic mass is 16.4. The van der Waals surface area contributed by atoms with E-state index in [0.29, 0.717) is 6.54 Å². The molecule has 3 rings (SSSR count). The molecule has 0 aliphatic heterocycles. The van der Waals surface area contributed by atoms with Crippen molar-refractivity contribution in [3.63, 3.8) is 0 Å². The van der Waals surface area contributed by atoms with Crippen molar-refractivity contribution in [3.8, 4) is 0 Å². The smallest absolute Gasteiger partial charge is 0.306 e. The van der Waals surface area contributed by atoms with E-state index in [1.807, 2.05) is 18.2 Å². The van der Waals surface area contributed by atoms with Gasteiger partial charge in [-0.15, -0.1) is 0 Å². The van der Waals surface area contributed by atoms with Crippen molar-refractivity contribution in [2.75, 3.05) is 6.54 Å². The van der Waals surface area contributed by atoms with Gasteiger partial charge in [-0.1, -0.05) is 37.1 Å². The van der Waals surface area contributed by atoms with Crippen molar-refractivity contribution in [2.45, 2.75) is 38.0 Å². The Morgan fingerprint density at radius 3 is 2.71 bits per heavy atom. The van der Waals surface area contributed by atoms with E-state index in [4.69, 9.17) is 0 Å². The molecule has 1 aromatic carbocycles. The van der Waals surface area contributed by atoms with Crippen LogP contribution in [0.3, 0.4) is 0 Å². The molecule has 1 saturated carbocycles. The molecule has 1 amide bonds. The number of aliphatic carboxylic acids is 1. The summed E-state index contributed by atoms with van der Waals surface area (Å²) in [6, 6.07) is 8.01. The lowest BCUT2D eigenvalue weighted by Gasteiger charge is -2.32. The minimum absolute atomic E-state index is 0.0448. The van der Waals surface area contributed by atoms with Crippen LogP contribution in [-0.4, -0.2) is 23.5 Å². The van der Waals surface area contributed by atoms with Crippen LogP contribution in [0.1, 0.15) is 42.7 Å². The number of carboxylic acids is 1. The fourth-order valence-electron chi connectivity index (χ4n) is 3.62. The summed E-state index contributed by atoms with van der Waals surface area (Å²) < 4.78 is 0. The summed E-state index contributed by atoms with van der Waals surface area (Å²) >= 11 is 0. The van der Waals surface area contributed by atoms with Gasteiger partial charge >= 0.3 is 5.97 Å². The summed E-state index contributed by atoms with van der Waals surface area (Å²) in [5.41, 5.74) is 2.37. The molecule has 1 aromatic rings. The average molecular weight is 287 g/mol. The lowest BCUT2D eigenvalue weighted by molar-refractivity contribution is -0.145. The second-order valence-electron chi connectivity index (χ2n) is 6.19. The van der Waals surface area contributed by atoms with Crippen molar-refractivity contribution < 1.29 is 14.7 Å². The lowest BCUT2D eigenvalue weighted by Crippen LogP contribution is -2.41. The number of hydrogen-bond donors (Lipinski definition) is 2. The van der Waals surface area contributed by atoms with Crippen LogP contribution in [0, 0.1) is 11.8 Å². The number of carbonyl (C=O) groups excluding carboxylic acids is 1. The summed E-state index contributed by atoms with van der Waals surface area (Å²) in [7, 11) is 0. The quantitative estimate of drug-likeness (QED) is 0.893. The molecule has 2 N–H and O–H groups in total. The Morgan fingerprint density at radius 2 is 1.95 bits per heavy atom. The summed E-state index contributed by atoms with van der Waals surface area (Å²) in [6.07, 6.45) is 4.49. The van der Waals surface area contributed by atoms with Gasteiger partial charge in [-0.3, -0.25) is 9.59 Å². The van der Waals surface area contributed by atoms with Crippen LogP contribution in [0.2, 0.25) is 0 Å². The molecule has 2 aliphatic rings. The first kappa shape index (κ1) is 14.1. The van der Waals surface area contributed by atoms with Crippen LogP contribution in [0.15, 0.2) is 24.3 Å². The fourth-order valence-corrected chi connectivity index (χ4v) is 3.62.